The van der Waals surface area contributed by atoms with E-state index in [0.29, 0.717) is 18.2 Å². The molecule has 34 heavy (non-hydrogen) atoms. The van der Waals surface area contributed by atoms with Crippen LogP contribution in [0.15, 0.2) is 36.7 Å². The molecule has 1 unspecified atom stereocenters. The molecule has 1 heterocycles. The number of aryl methyl sites for hydroxylation is 1. The zero-order chi connectivity index (χ0) is 24.4. The van der Waals surface area contributed by atoms with Gasteiger partial charge >= 0.3 is 5.97 Å². The fourth-order valence-electron chi connectivity index (χ4n) is 3.82. The summed E-state index contributed by atoms with van der Waals surface area (Å²) in [6, 6.07) is 7.32. The van der Waals surface area contributed by atoms with Gasteiger partial charge < -0.3 is 9.47 Å². The molecule has 0 saturated carbocycles. The van der Waals surface area contributed by atoms with Crippen LogP contribution in [0.3, 0.4) is 0 Å². The van der Waals surface area contributed by atoms with Crippen molar-refractivity contribution in [3.63, 3.8) is 0 Å². The molecule has 0 bridgehead atoms. The summed E-state index contributed by atoms with van der Waals surface area (Å²) in [5.41, 5.74) is 2.08. The normalized spacial score (nSPS) is 12.0. The Bertz CT molecular complexity index is 790. The van der Waals surface area contributed by atoms with Crippen molar-refractivity contribution >= 4 is 5.97 Å². The lowest BCUT2D eigenvalue weighted by Gasteiger charge is -2.12. The highest BCUT2D eigenvalue weighted by Crippen LogP contribution is 2.20. The van der Waals surface area contributed by atoms with Crippen LogP contribution in [0.5, 0.6) is 5.75 Å². The molecule has 0 radical (unpaired) electrons. The molecule has 0 spiro atoms. The number of esters is 1. The minimum Gasteiger partial charge on any atom is -0.425 e. The summed E-state index contributed by atoms with van der Waals surface area (Å²) in [7, 11) is 0. The van der Waals surface area contributed by atoms with Crippen molar-refractivity contribution in [1.82, 2.24) is 9.97 Å². The number of ether oxygens (including phenoxy) is 2. The van der Waals surface area contributed by atoms with Crippen LogP contribution in [-0.4, -0.2) is 28.6 Å². The first-order valence-electron chi connectivity index (χ1n) is 13.4. The van der Waals surface area contributed by atoms with Gasteiger partial charge in [-0.15, -0.1) is 0 Å². The SMILES string of the molecule is CCCCCCCCOC(C)C(=O)Oc1ccc(-c2ncc(CCCCCCCC)cn2)cc1. The molecule has 0 saturated heterocycles. The van der Waals surface area contributed by atoms with Gasteiger partial charge in [0, 0.05) is 24.6 Å². The molecule has 188 valence electrons. The number of carbonyl (C=O) groups excluding carboxylic acids is 1. The number of unbranched alkanes of at least 4 members (excludes halogenated alkanes) is 10. The molecule has 5 nitrogen and oxygen atoms in total. The minimum absolute atomic E-state index is 0.367. The molecule has 1 aromatic heterocycles. The Morgan fingerprint density at radius 2 is 1.35 bits per heavy atom. The monoisotopic (exact) mass is 468 g/mol. The fourth-order valence-corrected chi connectivity index (χ4v) is 3.82. The summed E-state index contributed by atoms with van der Waals surface area (Å²) >= 11 is 0. The molecular formula is C29H44N2O3. The zero-order valence-corrected chi connectivity index (χ0v) is 21.6. The largest absolute Gasteiger partial charge is 0.425 e. The van der Waals surface area contributed by atoms with Crippen molar-refractivity contribution in [2.24, 2.45) is 0 Å². The van der Waals surface area contributed by atoms with Crippen LogP contribution < -0.4 is 4.74 Å². The smallest absolute Gasteiger partial charge is 0.340 e. The summed E-state index contributed by atoms with van der Waals surface area (Å²) in [4.78, 5) is 21.3. The van der Waals surface area contributed by atoms with E-state index < -0.39 is 6.10 Å². The molecule has 1 atom stereocenters. The van der Waals surface area contributed by atoms with Gasteiger partial charge in [0.25, 0.3) is 0 Å². The van der Waals surface area contributed by atoms with Crippen molar-refractivity contribution in [2.45, 2.75) is 110 Å². The number of carbonyl (C=O) groups is 1. The number of nitrogens with zero attached hydrogens (tertiary/aromatic N) is 2. The maximum absolute atomic E-state index is 12.3. The van der Waals surface area contributed by atoms with Gasteiger partial charge in [0.2, 0.25) is 0 Å². The van der Waals surface area contributed by atoms with Gasteiger partial charge in [0.1, 0.15) is 5.75 Å². The highest BCUT2D eigenvalue weighted by molar-refractivity contribution is 5.77. The second kappa shape index (κ2) is 17.2. The average Bonchev–Trinajstić information content (AvgIpc) is 2.86. The molecule has 0 aliphatic carbocycles. The van der Waals surface area contributed by atoms with Crippen LogP contribution in [-0.2, 0) is 16.0 Å². The van der Waals surface area contributed by atoms with Gasteiger partial charge in [-0.1, -0.05) is 78.1 Å². The number of hydrogen-bond donors (Lipinski definition) is 0. The lowest BCUT2D eigenvalue weighted by Crippen LogP contribution is -2.26. The van der Waals surface area contributed by atoms with E-state index in [1.54, 1.807) is 19.1 Å². The second-order valence-corrected chi connectivity index (χ2v) is 9.16. The highest BCUT2D eigenvalue weighted by Gasteiger charge is 2.16. The second-order valence-electron chi connectivity index (χ2n) is 9.16. The Morgan fingerprint density at radius 1 is 0.794 bits per heavy atom. The first-order chi connectivity index (χ1) is 16.6. The fraction of sp³-hybridized carbons (Fsp3) is 0.621. The van der Waals surface area contributed by atoms with E-state index in [4.69, 9.17) is 9.47 Å². The zero-order valence-electron chi connectivity index (χ0n) is 21.6. The molecule has 2 rings (SSSR count). The average molecular weight is 469 g/mol. The summed E-state index contributed by atoms with van der Waals surface area (Å²) < 4.78 is 11.1. The van der Waals surface area contributed by atoms with Crippen LogP contribution in [0.4, 0.5) is 0 Å². The van der Waals surface area contributed by atoms with Gasteiger partial charge in [-0.05, 0) is 56.0 Å². The van der Waals surface area contributed by atoms with E-state index in [2.05, 4.69) is 23.8 Å². The van der Waals surface area contributed by atoms with E-state index in [0.717, 1.165) is 24.8 Å². The van der Waals surface area contributed by atoms with Gasteiger partial charge in [-0.25, -0.2) is 14.8 Å². The third-order valence-electron chi connectivity index (χ3n) is 6.05. The Hall–Kier alpha value is -2.27. The van der Waals surface area contributed by atoms with E-state index in [-0.39, 0.29) is 5.97 Å². The van der Waals surface area contributed by atoms with E-state index in [1.165, 1.54) is 69.8 Å². The first-order valence-corrected chi connectivity index (χ1v) is 13.4. The van der Waals surface area contributed by atoms with E-state index in [1.807, 2.05) is 24.5 Å². The summed E-state index contributed by atoms with van der Waals surface area (Å²) in [5.74, 6) is 0.817. The molecule has 0 N–H and O–H groups in total. The predicted octanol–water partition coefficient (Wildman–Crippen LogP) is 7.72. The van der Waals surface area contributed by atoms with Crippen molar-refractivity contribution in [2.75, 3.05) is 6.61 Å². The molecule has 2 aromatic rings. The molecule has 0 aliphatic heterocycles. The molecule has 5 heteroatoms. The topological polar surface area (TPSA) is 61.3 Å². The van der Waals surface area contributed by atoms with Crippen molar-refractivity contribution in [3.8, 4) is 17.1 Å². The lowest BCUT2D eigenvalue weighted by molar-refractivity contribution is -0.146. The summed E-state index contributed by atoms with van der Waals surface area (Å²) in [6.07, 6.45) is 19.2. The summed E-state index contributed by atoms with van der Waals surface area (Å²) in [6.45, 7) is 6.79. The maximum Gasteiger partial charge on any atom is 0.340 e. The molecule has 0 aliphatic rings. The van der Waals surface area contributed by atoms with Crippen molar-refractivity contribution in [1.29, 1.82) is 0 Å². The standard InChI is InChI=1S/C29H44N2O3/c1-4-6-8-10-12-14-16-25-22-30-28(31-23-25)26-17-19-27(20-18-26)34-29(32)24(3)33-21-15-13-11-9-7-5-2/h17-20,22-24H,4-16,21H2,1-3H3. The molecule has 1 aromatic carbocycles. The van der Waals surface area contributed by atoms with E-state index >= 15 is 0 Å². The molecular weight excluding hydrogens is 424 g/mol. The van der Waals surface area contributed by atoms with Crippen LogP contribution in [0.25, 0.3) is 11.4 Å². The first kappa shape index (κ1) is 28.0. The number of aromatic nitrogens is 2. The Kier molecular flexibility index (Phi) is 14.2. The van der Waals surface area contributed by atoms with Gasteiger partial charge in [0.15, 0.2) is 11.9 Å². The Labute approximate surface area is 206 Å². The molecule has 0 amide bonds. The third-order valence-corrected chi connectivity index (χ3v) is 6.05. The van der Waals surface area contributed by atoms with Gasteiger partial charge in [-0.2, -0.15) is 0 Å². The Morgan fingerprint density at radius 3 is 1.97 bits per heavy atom. The third kappa shape index (κ3) is 11.2. The van der Waals surface area contributed by atoms with E-state index in [9.17, 15) is 4.79 Å². The maximum atomic E-state index is 12.3. The van der Waals surface area contributed by atoms with Crippen LogP contribution in [0.1, 0.15) is 103 Å². The van der Waals surface area contributed by atoms with Crippen LogP contribution in [0.2, 0.25) is 0 Å². The Balaban J connectivity index is 1.71. The quantitative estimate of drug-likeness (QED) is 0.127. The van der Waals surface area contributed by atoms with Gasteiger partial charge in [-0.3, -0.25) is 0 Å². The number of hydrogen-bond acceptors (Lipinski definition) is 5. The van der Waals surface area contributed by atoms with Crippen molar-refractivity contribution in [3.05, 3.63) is 42.2 Å². The van der Waals surface area contributed by atoms with Crippen LogP contribution >= 0.6 is 0 Å². The summed E-state index contributed by atoms with van der Waals surface area (Å²) in [5, 5.41) is 0. The lowest BCUT2D eigenvalue weighted by atomic mass is 10.1. The van der Waals surface area contributed by atoms with Crippen LogP contribution in [0, 0.1) is 0 Å². The predicted molar refractivity (Wildman–Crippen MR) is 139 cm³/mol. The highest BCUT2D eigenvalue weighted by atomic mass is 16.6. The van der Waals surface area contributed by atoms with Gasteiger partial charge in [0.05, 0.1) is 0 Å². The number of benzene rings is 1. The van der Waals surface area contributed by atoms with Crippen molar-refractivity contribution < 1.29 is 14.3 Å². The minimum atomic E-state index is -0.571. The number of rotatable bonds is 18. The molecule has 0 fully saturated rings.